The van der Waals surface area contributed by atoms with Crippen LogP contribution < -0.4 is 5.32 Å². The number of benzene rings is 1. The highest BCUT2D eigenvalue weighted by molar-refractivity contribution is 6.01. The molecule has 0 saturated carbocycles. The summed E-state index contributed by atoms with van der Waals surface area (Å²) < 4.78 is 18.6. The number of morpholine rings is 1. The summed E-state index contributed by atoms with van der Waals surface area (Å²) in [4.78, 5) is 31.0. The number of nitrogens with one attached hydrogen (secondary N) is 1. The van der Waals surface area contributed by atoms with Gasteiger partial charge in [0.15, 0.2) is 0 Å². The van der Waals surface area contributed by atoms with Gasteiger partial charge in [0.25, 0.3) is 5.91 Å². The number of ether oxygens (including phenoxy) is 1. The second-order valence-electron chi connectivity index (χ2n) is 7.03. The van der Waals surface area contributed by atoms with Crippen molar-refractivity contribution in [1.29, 1.82) is 0 Å². The van der Waals surface area contributed by atoms with Gasteiger partial charge in [0, 0.05) is 33.2 Å². The molecule has 3 heterocycles. The molecular weight excluding hydrogens is 351 g/mol. The fourth-order valence-electron chi connectivity index (χ4n) is 3.80. The van der Waals surface area contributed by atoms with Crippen molar-refractivity contribution in [2.45, 2.75) is 6.04 Å². The standard InChI is InChI=1S/C19H23FN4O3/c1-22-15-12-24(7-6-23-8-10-27-11-9-23)18(25)16(15)17(21-19(22)26)13-2-4-14(20)5-3-13/h2-5,17H,6-12H2,1H3,(H,21,26)/t17-/m1/s1. The van der Waals surface area contributed by atoms with Gasteiger partial charge >= 0.3 is 6.03 Å². The number of hydrogen-bond donors (Lipinski definition) is 1. The normalized spacial score (nSPS) is 23.7. The van der Waals surface area contributed by atoms with E-state index in [0.717, 1.165) is 38.5 Å². The third-order valence-corrected chi connectivity index (χ3v) is 5.43. The Balaban J connectivity index is 1.53. The molecule has 1 aromatic rings. The lowest BCUT2D eigenvalue weighted by molar-refractivity contribution is -0.126. The smallest absolute Gasteiger partial charge is 0.322 e. The van der Waals surface area contributed by atoms with E-state index in [1.165, 1.54) is 17.0 Å². The van der Waals surface area contributed by atoms with Crippen molar-refractivity contribution in [2.24, 2.45) is 0 Å². The lowest BCUT2D eigenvalue weighted by Crippen LogP contribution is -2.45. The number of halogens is 1. The highest BCUT2D eigenvalue weighted by Gasteiger charge is 2.42. The third-order valence-electron chi connectivity index (χ3n) is 5.43. The molecule has 0 radical (unpaired) electrons. The Kier molecular flexibility index (Phi) is 4.84. The summed E-state index contributed by atoms with van der Waals surface area (Å²) in [6.07, 6.45) is 0. The van der Waals surface area contributed by atoms with Crippen LogP contribution in [0.3, 0.4) is 0 Å². The molecule has 1 atom stereocenters. The molecule has 3 amide bonds. The number of carbonyl (C=O) groups is 2. The second kappa shape index (κ2) is 7.28. The van der Waals surface area contributed by atoms with E-state index in [0.29, 0.717) is 24.2 Å². The van der Waals surface area contributed by atoms with Gasteiger partial charge in [-0.15, -0.1) is 0 Å². The molecule has 0 aliphatic carbocycles. The molecular formula is C19H23FN4O3. The van der Waals surface area contributed by atoms with E-state index in [1.807, 2.05) is 0 Å². The molecule has 0 bridgehead atoms. The number of likely N-dealkylation sites (N-methyl/N-ethyl adjacent to an activating group) is 1. The zero-order chi connectivity index (χ0) is 19.0. The number of rotatable bonds is 4. The average Bonchev–Trinajstić information content (AvgIpc) is 3.01. The summed E-state index contributed by atoms with van der Waals surface area (Å²) in [6, 6.07) is 5.10. The van der Waals surface area contributed by atoms with Crippen LogP contribution in [0.1, 0.15) is 11.6 Å². The van der Waals surface area contributed by atoms with Crippen LogP contribution in [0.2, 0.25) is 0 Å². The minimum absolute atomic E-state index is 0.0700. The van der Waals surface area contributed by atoms with Gasteiger partial charge in [0.1, 0.15) is 5.82 Å². The molecule has 8 heteroatoms. The molecule has 1 fully saturated rings. The van der Waals surface area contributed by atoms with Crippen molar-refractivity contribution in [1.82, 2.24) is 20.0 Å². The maximum absolute atomic E-state index is 13.3. The van der Waals surface area contributed by atoms with Crippen molar-refractivity contribution in [3.05, 3.63) is 46.9 Å². The van der Waals surface area contributed by atoms with Gasteiger partial charge in [0.05, 0.1) is 37.1 Å². The lowest BCUT2D eigenvalue weighted by atomic mass is 9.96. The van der Waals surface area contributed by atoms with E-state index in [2.05, 4.69) is 10.2 Å². The molecule has 1 saturated heterocycles. The predicted molar refractivity (Wildman–Crippen MR) is 96.3 cm³/mol. The largest absolute Gasteiger partial charge is 0.379 e. The van der Waals surface area contributed by atoms with E-state index in [4.69, 9.17) is 4.74 Å². The van der Waals surface area contributed by atoms with Gasteiger partial charge in [-0.1, -0.05) is 12.1 Å². The van der Waals surface area contributed by atoms with Gasteiger partial charge in [-0.25, -0.2) is 9.18 Å². The van der Waals surface area contributed by atoms with E-state index in [9.17, 15) is 14.0 Å². The quantitative estimate of drug-likeness (QED) is 0.852. The Morgan fingerprint density at radius 2 is 1.85 bits per heavy atom. The summed E-state index contributed by atoms with van der Waals surface area (Å²) in [5, 5.41) is 2.86. The first-order chi connectivity index (χ1) is 13.0. The zero-order valence-corrected chi connectivity index (χ0v) is 15.3. The number of urea groups is 1. The van der Waals surface area contributed by atoms with E-state index < -0.39 is 6.04 Å². The van der Waals surface area contributed by atoms with Crippen LogP contribution in [0.4, 0.5) is 9.18 Å². The summed E-state index contributed by atoms with van der Waals surface area (Å²) in [7, 11) is 1.67. The van der Waals surface area contributed by atoms with Crippen LogP contribution >= 0.6 is 0 Å². The molecule has 3 aliphatic heterocycles. The molecule has 144 valence electrons. The summed E-state index contributed by atoms with van der Waals surface area (Å²) in [6.45, 7) is 4.97. The van der Waals surface area contributed by atoms with E-state index in [1.54, 1.807) is 24.1 Å². The minimum atomic E-state index is -0.551. The third kappa shape index (κ3) is 3.42. The number of hydrogen-bond acceptors (Lipinski definition) is 4. The average molecular weight is 374 g/mol. The lowest BCUT2D eigenvalue weighted by Gasteiger charge is -2.31. The van der Waals surface area contributed by atoms with Crippen molar-refractivity contribution in [3.8, 4) is 0 Å². The molecule has 4 rings (SSSR count). The van der Waals surface area contributed by atoms with Crippen LogP contribution in [-0.2, 0) is 9.53 Å². The molecule has 7 nitrogen and oxygen atoms in total. The first kappa shape index (κ1) is 17.9. The Morgan fingerprint density at radius 3 is 2.56 bits per heavy atom. The van der Waals surface area contributed by atoms with Gasteiger partial charge in [0.2, 0.25) is 0 Å². The summed E-state index contributed by atoms with van der Waals surface area (Å²) in [5.74, 6) is -0.420. The molecule has 0 aromatic heterocycles. The van der Waals surface area contributed by atoms with E-state index >= 15 is 0 Å². The van der Waals surface area contributed by atoms with Gasteiger partial charge in [-0.2, -0.15) is 0 Å². The van der Waals surface area contributed by atoms with Crippen LogP contribution in [0.5, 0.6) is 0 Å². The van der Waals surface area contributed by atoms with Gasteiger partial charge < -0.3 is 15.0 Å². The predicted octanol–water partition coefficient (Wildman–Crippen LogP) is 0.950. The van der Waals surface area contributed by atoms with Crippen LogP contribution in [0, 0.1) is 5.82 Å². The van der Waals surface area contributed by atoms with Crippen molar-refractivity contribution in [3.63, 3.8) is 0 Å². The highest BCUT2D eigenvalue weighted by Crippen LogP contribution is 2.35. The Bertz CT molecular complexity index is 774. The molecule has 3 aliphatic rings. The Morgan fingerprint density at radius 1 is 1.15 bits per heavy atom. The molecule has 0 spiro atoms. The topological polar surface area (TPSA) is 65.1 Å². The maximum Gasteiger partial charge on any atom is 0.322 e. The fraction of sp³-hybridized carbons (Fsp3) is 0.474. The van der Waals surface area contributed by atoms with Crippen LogP contribution in [-0.4, -0.2) is 79.6 Å². The number of nitrogens with zero attached hydrogens (tertiary/aromatic N) is 3. The second-order valence-corrected chi connectivity index (χ2v) is 7.03. The Labute approximate surface area is 157 Å². The number of carbonyl (C=O) groups excluding carboxylic acids is 2. The van der Waals surface area contributed by atoms with Crippen LogP contribution in [0.15, 0.2) is 35.5 Å². The van der Waals surface area contributed by atoms with Gasteiger partial charge in [-0.05, 0) is 17.7 Å². The van der Waals surface area contributed by atoms with Crippen LogP contribution in [0.25, 0.3) is 0 Å². The maximum atomic E-state index is 13.3. The first-order valence-corrected chi connectivity index (χ1v) is 9.16. The van der Waals surface area contributed by atoms with Crippen molar-refractivity contribution in [2.75, 3.05) is 53.0 Å². The molecule has 0 unspecified atom stereocenters. The van der Waals surface area contributed by atoms with Crippen molar-refractivity contribution >= 4 is 11.9 Å². The first-order valence-electron chi connectivity index (χ1n) is 9.16. The zero-order valence-electron chi connectivity index (χ0n) is 15.3. The summed E-state index contributed by atoms with van der Waals surface area (Å²) in [5.41, 5.74) is 2.00. The Hall–Kier alpha value is -2.45. The molecule has 1 aromatic carbocycles. The SMILES string of the molecule is CN1C(=O)N[C@H](c2ccc(F)cc2)C2=C1CN(CCN1CCOCC1)C2=O. The minimum Gasteiger partial charge on any atom is -0.379 e. The molecule has 27 heavy (non-hydrogen) atoms. The molecule has 1 N–H and O–H groups in total. The van der Waals surface area contributed by atoms with E-state index in [-0.39, 0.29) is 17.8 Å². The van der Waals surface area contributed by atoms with Gasteiger partial charge in [-0.3, -0.25) is 14.6 Å². The van der Waals surface area contributed by atoms with Crippen molar-refractivity contribution < 1.29 is 18.7 Å². The number of amides is 3. The monoisotopic (exact) mass is 374 g/mol. The fourth-order valence-corrected chi connectivity index (χ4v) is 3.80. The summed E-state index contributed by atoms with van der Waals surface area (Å²) >= 11 is 0. The highest BCUT2D eigenvalue weighted by atomic mass is 19.1.